The summed E-state index contributed by atoms with van der Waals surface area (Å²) in [6.45, 7) is 5.06. The molecule has 0 fully saturated rings. The van der Waals surface area contributed by atoms with Crippen LogP contribution in [-0.4, -0.2) is 76.2 Å². The van der Waals surface area contributed by atoms with Gasteiger partial charge in [-0.05, 0) is 134 Å². The third-order valence-corrected chi connectivity index (χ3v) is 14.3. The van der Waals surface area contributed by atoms with Crippen LogP contribution in [0.2, 0.25) is 0 Å². The molecule has 89 heavy (non-hydrogen) atoms. The number of carboxylic acids is 4. The van der Waals surface area contributed by atoms with Gasteiger partial charge in [0.05, 0.1) is 59.1 Å². The Kier molecular flexibility index (Phi) is 25.0. The Morgan fingerprint density at radius 3 is 1.16 bits per heavy atom. The number of phenols is 2. The molecule has 0 unspecified atom stereocenters. The molecule has 0 bridgehead atoms. The molecule has 6 N–H and O–H groups in total. The van der Waals surface area contributed by atoms with Crippen LogP contribution in [0.5, 0.6) is 34.5 Å². The van der Waals surface area contributed by atoms with E-state index in [2.05, 4.69) is 0 Å². The molecule has 0 saturated heterocycles. The number of rotatable bonds is 24. The standard InChI is InChI=1S/2C34H30O9.2Na.H2O/c2*1-2-20-17-25(21-7-4-3-5-8-21)27(35)19-30(20)42-16-6-15-41-28-13-10-24-32(38)26-18-22(34(39)40)9-12-29(26)43-33(24)23(28)11-14-31(36)37;;;/h2*3-5,7-10,12-13,17-19,35H,2,6,11,14-16H2,1H3,(H,36,37)(H,39,40);;;1H2/q;;2*+1;/p-2. The van der Waals surface area contributed by atoms with Crippen molar-refractivity contribution in [3.8, 4) is 56.8 Å². The second kappa shape index (κ2) is 32.0. The maximum absolute atomic E-state index is 13.2. The summed E-state index contributed by atoms with van der Waals surface area (Å²) in [7, 11) is 0. The van der Waals surface area contributed by atoms with Crippen molar-refractivity contribution in [2.45, 2.75) is 65.2 Å². The van der Waals surface area contributed by atoms with Gasteiger partial charge < -0.3 is 73.5 Å². The predicted molar refractivity (Wildman–Crippen MR) is 321 cm³/mol. The van der Waals surface area contributed by atoms with E-state index in [-0.39, 0.29) is 170 Å². The largest absolute Gasteiger partial charge is 1.00 e. The van der Waals surface area contributed by atoms with E-state index in [1.54, 1.807) is 24.3 Å². The topological polar surface area (TPSA) is 324 Å². The van der Waals surface area contributed by atoms with Gasteiger partial charge in [0, 0.05) is 59.2 Å². The summed E-state index contributed by atoms with van der Waals surface area (Å²) in [5.74, 6) is -2.74. The molecule has 0 spiro atoms. The zero-order chi connectivity index (χ0) is 61.0. The molecule has 10 rings (SSSR count). The molecule has 10 aromatic rings. The third kappa shape index (κ3) is 16.5. The Hall–Kier alpha value is -8.66. The zero-order valence-corrected chi connectivity index (χ0v) is 53.3. The van der Waals surface area contributed by atoms with Crippen LogP contribution in [0.1, 0.15) is 82.5 Å². The molecule has 0 aliphatic carbocycles. The Bertz CT molecular complexity index is 4040. The molecule has 0 radical (unpaired) electrons. The number of hydrogen-bond acceptors (Lipinski definition) is 16. The van der Waals surface area contributed by atoms with E-state index in [0.29, 0.717) is 73.0 Å². The minimum Gasteiger partial charge on any atom is -0.550 e. The van der Waals surface area contributed by atoms with Gasteiger partial charge in [0.25, 0.3) is 0 Å². The van der Waals surface area contributed by atoms with E-state index in [4.69, 9.17) is 27.8 Å². The number of aromatic hydroxyl groups is 2. The summed E-state index contributed by atoms with van der Waals surface area (Å²) >= 11 is 0. The van der Waals surface area contributed by atoms with E-state index in [1.807, 2.05) is 86.6 Å². The van der Waals surface area contributed by atoms with Crippen LogP contribution in [0, 0.1) is 0 Å². The molecule has 448 valence electrons. The first kappa shape index (κ1) is 69.4. The van der Waals surface area contributed by atoms with Crippen LogP contribution >= 0.6 is 0 Å². The smallest absolute Gasteiger partial charge is 0.550 e. The third-order valence-electron chi connectivity index (χ3n) is 14.3. The Labute approximate surface area is 553 Å². The van der Waals surface area contributed by atoms with Crippen LogP contribution in [0.25, 0.3) is 66.1 Å². The SMILES string of the molecule is CCc1cc(-c2ccccc2)c(O)cc1OCCCOc1ccc2c(=O)c3cc(C(=O)O)ccc3oc2c1CCC(=O)[O-].CCc1cc(-c2ccccc2)c(O)cc1OCCCOc1ccc2c(=O)c3cc(C(=O)O)ccc3oc2c1CCC(=O)[O-].O.[Na+].[Na+]. The minimum atomic E-state index is -1.26. The summed E-state index contributed by atoms with van der Waals surface area (Å²) in [5, 5.41) is 63.0. The maximum atomic E-state index is 13.2. The number of fused-ring (bicyclic) bond motifs is 4. The van der Waals surface area contributed by atoms with Gasteiger partial charge >= 0.3 is 71.1 Å². The van der Waals surface area contributed by atoms with Crippen molar-refractivity contribution < 1.29 is 142 Å². The number of aryl methyl sites for hydroxylation is 4. The average Bonchev–Trinajstić information content (AvgIpc) is 2.56. The Morgan fingerprint density at radius 1 is 0.461 bits per heavy atom. The number of ether oxygens (including phenoxy) is 4. The van der Waals surface area contributed by atoms with Crippen molar-refractivity contribution in [2.75, 3.05) is 26.4 Å². The molecule has 21 heteroatoms. The molecule has 8 aromatic carbocycles. The first-order valence-electron chi connectivity index (χ1n) is 27.8. The molecule has 0 aliphatic rings. The second-order valence-corrected chi connectivity index (χ2v) is 20.0. The van der Waals surface area contributed by atoms with Gasteiger partial charge in [-0.1, -0.05) is 74.5 Å². The molecule has 0 aliphatic heterocycles. The summed E-state index contributed by atoms with van der Waals surface area (Å²) in [6.07, 6.45) is 1.73. The van der Waals surface area contributed by atoms with Gasteiger partial charge in [0.2, 0.25) is 10.9 Å². The van der Waals surface area contributed by atoms with Crippen molar-refractivity contribution in [1.82, 2.24) is 0 Å². The van der Waals surface area contributed by atoms with Crippen LogP contribution in [0.15, 0.2) is 164 Å². The summed E-state index contributed by atoms with van der Waals surface area (Å²) in [4.78, 5) is 71.8. The van der Waals surface area contributed by atoms with E-state index >= 15 is 0 Å². The summed E-state index contributed by atoms with van der Waals surface area (Å²) in [5.41, 5.74) is 5.75. The monoisotopic (exact) mass is 1230 g/mol. The molecule has 0 amide bonds. The molecule has 0 atom stereocenters. The second-order valence-electron chi connectivity index (χ2n) is 20.0. The van der Waals surface area contributed by atoms with Gasteiger partial charge in [0.15, 0.2) is 0 Å². The van der Waals surface area contributed by atoms with Crippen LogP contribution < -0.4 is 99.1 Å². The fraction of sp³-hybridized carbons (Fsp3) is 0.206. The van der Waals surface area contributed by atoms with Gasteiger partial charge in [-0.2, -0.15) is 0 Å². The number of phenolic OH excluding ortho intramolecular Hbond substituents is 2. The zero-order valence-electron chi connectivity index (χ0n) is 49.3. The minimum absolute atomic E-state index is 0. The summed E-state index contributed by atoms with van der Waals surface area (Å²) in [6, 6.07) is 40.5. The maximum Gasteiger partial charge on any atom is 1.00 e. The molecular formula is C68H60Na2O19. The fourth-order valence-electron chi connectivity index (χ4n) is 9.97. The van der Waals surface area contributed by atoms with Crippen molar-refractivity contribution in [2.24, 2.45) is 0 Å². The number of aliphatic carboxylic acids is 2. The molecular weight excluding hydrogens is 1170 g/mol. The van der Waals surface area contributed by atoms with Crippen LogP contribution in [-0.2, 0) is 35.3 Å². The fourth-order valence-corrected chi connectivity index (χ4v) is 9.97. The van der Waals surface area contributed by atoms with Crippen molar-refractivity contribution >= 4 is 67.8 Å². The van der Waals surface area contributed by atoms with Crippen molar-refractivity contribution in [3.63, 3.8) is 0 Å². The van der Waals surface area contributed by atoms with Gasteiger partial charge in [-0.25, -0.2) is 9.59 Å². The van der Waals surface area contributed by atoms with Crippen LogP contribution in [0.4, 0.5) is 0 Å². The van der Waals surface area contributed by atoms with E-state index in [0.717, 1.165) is 33.4 Å². The van der Waals surface area contributed by atoms with Crippen molar-refractivity contribution in [3.05, 3.63) is 199 Å². The van der Waals surface area contributed by atoms with Gasteiger partial charge in [-0.15, -0.1) is 0 Å². The quantitative estimate of drug-likeness (QED) is 0.0383. The number of carboxylic acid groups (broad SMARTS) is 4. The number of carbonyl (C=O) groups is 4. The summed E-state index contributed by atoms with van der Waals surface area (Å²) < 4.78 is 35.9. The first-order chi connectivity index (χ1) is 41.5. The number of aromatic carboxylic acids is 2. The number of benzene rings is 8. The normalized spacial score (nSPS) is 10.7. The van der Waals surface area contributed by atoms with E-state index in [9.17, 15) is 59.4 Å². The number of carbonyl (C=O) groups excluding carboxylic acids is 2. The van der Waals surface area contributed by atoms with Crippen LogP contribution in [0.3, 0.4) is 0 Å². The number of hydrogen-bond donors (Lipinski definition) is 4. The Morgan fingerprint density at radius 2 is 0.820 bits per heavy atom. The van der Waals surface area contributed by atoms with Crippen molar-refractivity contribution in [1.29, 1.82) is 0 Å². The average molecular weight is 1230 g/mol. The predicted octanol–water partition coefficient (Wildman–Crippen LogP) is 3.40. The Balaban J connectivity index is 0.000000274. The van der Waals surface area contributed by atoms with E-state index in [1.165, 1.54) is 48.5 Å². The molecule has 19 nitrogen and oxygen atoms in total. The van der Waals surface area contributed by atoms with E-state index < -0.39 is 34.7 Å². The van der Waals surface area contributed by atoms with Gasteiger partial charge in [-0.3, -0.25) is 9.59 Å². The van der Waals surface area contributed by atoms with Gasteiger partial charge in [0.1, 0.15) is 56.8 Å². The molecule has 2 heterocycles. The first-order valence-corrected chi connectivity index (χ1v) is 27.8. The molecule has 0 saturated carbocycles. The molecule has 2 aromatic heterocycles.